The molecule has 2 aliphatic heterocycles. The summed E-state index contributed by atoms with van der Waals surface area (Å²) in [5, 5.41) is 6.51. The standard InChI is InChI=1S/C26H29ClN4O3/c1-26(2,3)29-23(32)19(14-16-8-6-5-7-9-16)31-15-20-21(24(31)33)22(28-25(34)30(20)4)17-10-12-18(27)13-11-17/h5-13,19,22H,14-15H2,1-4H3,(H,28,34)(H,29,32). The number of hydrogen-bond acceptors (Lipinski definition) is 3. The molecule has 2 N–H and O–H groups in total. The van der Waals surface area contributed by atoms with Crippen LogP contribution in [0.4, 0.5) is 4.79 Å². The van der Waals surface area contributed by atoms with Gasteiger partial charge in [0.1, 0.15) is 6.04 Å². The quantitative estimate of drug-likeness (QED) is 0.685. The summed E-state index contributed by atoms with van der Waals surface area (Å²) < 4.78 is 0. The van der Waals surface area contributed by atoms with E-state index in [1.54, 1.807) is 36.2 Å². The molecule has 8 heteroatoms. The molecule has 2 aromatic carbocycles. The van der Waals surface area contributed by atoms with E-state index in [0.29, 0.717) is 22.7 Å². The van der Waals surface area contributed by atoms with Gasteiger partial charge in [-0.2, -0.15) is 0 Å². The second kappa shape index (κ2) is 9.14. The van der Waals surface area contributed by atoms with Crippen molar-refractivity contribution in [3.8, 4) is 0 Å². The zero-order valence-corrected chi connectivity index (χ0v) is 20.5. The van der Waals surface area contributed by atoms with Crippen LogP contribution in [0, 0.1) is 0 Å². The number of halogens is 1. The van der Waals surface area contributed by atoms with Gasteiger partial charge in [0.2, 0.25) is 5.91 Å². The first-order valence-corrected chi connectivity index (χ1v) is 11.6. The zero-order valence-electron chi connectivity index (χ0n) is 19.8. The Hall–Kier alpha value is -3.32. The number of carbonyl (C=O) groups excluding carboxylic acids is 3. The minimum absolute atomic E-state index is 0.178. The molecule has 178 valence electrons. The number of benzene rings is 2. The normalized spacial score (nSPS) is 19.1. The highest BCUT2D eigenvalue weighted by Gasteiger charge is 2.46. The van der Waals surface area contributed by atoms with Crippen LogP contribution in [0.25, 0.3) is 0 Å². The molecule has 0 saturated carbocycles. The number of hydrogen-bond donors (Lipinski definition) is 2. The van der Waals surface area contributed by atoms with Gasteiger partial charge in [-0.15, -0.1) is 0 Å². The molecule has 0 fully saturated rings. The van der Waals surface area contributed by atoms with Gasteiger partial charge < -0.3 is 15.5 Å². The average Bonchev–Trinajstić information content (AvgIpc) is 3.12. The molecule has 4 rings (SSSR count). The van der Waals surface area contributed by atoms with E-state index < -0.39 is 17.6 Å². The molecule has 34 heavy (non-hydrogen) atoms. The number of carbonyl (C=O) groups is 3. The summed E-state index contributed by atoms with van der Waals surface area (Å²) in [5.41, 5.74) is 2.34. The van der Waals surface area contributed by atoms with Crippen molar-refractivity contribution in [1.82, 2.24) is 20.4 Å². The van der Waals surface area contributed by atoms with Crippen molar-refractivity contribution >= 4 is 29.4 Å². The molecule has 0 aromatic heterocycles. The second-order valence-electron chi connectivity index (χ2n) is 9.73. The Kier molecular flexibility index (Phi) is 6.41. The average molecular weight is 481 g/mol. The molecule has 7 nitrogen and oxygen atoms in total. The molecule has 0 spiro atoms. The molecule has 0 bridgehead atoms. The van der Waals surface area contributed by atoms with E-state index in [2.05, 4.69) is 10.6 Å². The smallest absolute Gasteiger partial charge is 0.322 e. The van der Waals surface area contributed by atoms with Gasteiger partial charge >= 0.3 is 6.03 Å². The molecule has 0 saturated heterocycles. The Morgan fingerprint density at radius 2 is 1.76 bits per heavy atom. The molecule has 4 amide bonds. The summed E-state index contributed by atoms with van der Waals surface area (Å²) >= 11 is 6.04. The SMILES string of the molecule is CN1C(=O)NC(c2ccc(Cl)cc2)C2=C1CN(C(Cc1ccccc1)C(=O)NC(C)(C)C)C2=O. The van der Waals surface area contributed by atoms with Crippen LogP contribution < -0.4 is 10.6 Å². The van der Waals surface area contributed by atoms with Crippen molar-refractivity contribution < 1.29 is 14.4 Å². The number of nitrogens with one attached hydrogen (secondary N) is 2. The fraction of sp³-hybridized carbons (Fsp3) is 0.346. The van der Waals surface area contributed by atoms with E-state index in [-0.39, 0.29) is 24.4 Å². The van der Waals surface area contributed by atoms with Crippen LogP contribution in [0.1, 0.15) is 37.9 Å². The molecular weight excluding hydrogens is 452 g/mol. The summed E-state index contributed by atoms with van der Waals surface area (Å²) in [4.78, 5) is 43.0. The highest BCUT2D eigenvalue weighted by atomic mass is 35.5. The fourth-order valence-electron chi connectivity index (χ4n) is 4.38. The van der Waals surface area contributed by atoms with E-state index in [4.69, 9.17) is 11.6 Å². The summed E-state index contributed by atoms with van der Waals surface area (Å²) in [6.07, 6.45) is 0.367. The van der Waals surface area contributed by atoms with Gasteiger partial charge in [-0.25, -0.2) is 4.79 Å². The topological polar surface area (TPSA) is 81.8 Å². The van der Waals surface area contributed by atoms with Crippen LogP contribution in [-0.2, 0) is 16.0 Å². The molecule has 2 atom stereocenters. The first-order valence-electron chi connectivity index (χ1n) is 11.2. The number of rotatable bonds is 5. The van der Waals surface area contributed by atoms with E-state index in [9.17, 15) is 14.4 Å². The third-order valence-electron chi connectivity index (χ3n) is 6.04. The Morgan fingerprint density at radius 1 is 1.12 bits per heavy atom. The minimum atomic E-state index is -0.728. The highest BCUT2D eigenvalue weighted by Crippen LogP contribution is 2.37. The van der Waals surface area contributed by atoms with Gasteiger partial charge in [-0.05, 0) is 44.0 Å². The maximum atomic E-state index is 13.8. The van der Waals surface area contributed by atoms with Crippen molar-refractivity contribution in [2.45, 2.75) is 44.8 Å². The number of likely N-dealkylation sites (N-methyl/N-ethyl adjacent to an activating group) is 1. The fourth-order valence-corrected chi connectivity index (χ4v) is 4.51. The van der Waals surface area contributed by atoms with Crippen molar-refractivity contribution in [3.63, 3.8) is 0 Å². The maximum absolute atomic E-state index is 13.8. The predicted molar refractivity (Wildman–Crippen MR) is 131 cm³/mol. The van der Waals surface area contributed by atoms with Crippen LogP contribution >= 0.6 is 11.6 Å². The van der Waals surface area contributed by atoms with Gasteiger partial charge in [0.05, 0.1) is 23.9 Å². The molecule has 2 aromatic rings. The van der Waals surface area contributed by atoms with Crippen molar-refractivity contribution in [1.29, 1.82) is 0 Å². The van der Waals surface area contributed by atoms with Gasteiger partial charge in [-0.1, -0.05) is 54.1 Å². The Labute approximate surface area is 204 Å². The molecule has 0 aliphatic carbocycles. The second-order valence-corrected chi connectivity index (χ2v) is 10.2. The van der Waals surface area contributed by atoms with E-state index in [1.807, 2.05) is 51.1 Å². The van der Waals surface area contributed by atoms with Crippen LogP contribution in [0.15, 0.2) is 65.9 Å². The maximum Gasteiger partial charge on any atom is 0.322 e. The molecule has 0 radical (unpaired) electrons. The van der Waals surface area contributed by atoms with E-state index in [0.717, 1.165) is 11.1 Å². The van der Waals surface area contributed by atoms with Crippen LogP contribution in [0.2, 0.25) is 5.02 Å². The van der Waals surface area contributed by atoms with Gasteiger partial charge in [-0.3, -0.25) is 14.5 Å². The van der Waals surface area contributed by atoms with Crippen molar-refractivity contribution in [2.75, 3.05) is 13.6 Å². The predicted octanol–water partition coefficient (Wildman–Crippen LogP) is 3.66. The summed E-state index contributed by atoms with van der Waals surface area (Å²) in [5.74, 6) is -0.485. The summed E-state index contributed by atoms with van der Waals surface area (Å²) in [6, 6.07) is 15.0. The van der Waals surface area contributed by atoms with Gasteiger partial charge in [0, 0.05) is 24.0 Å². The lowest BCUT2D eigenvalue weighted by molar-refractivity contribution is -0.137. The van der Waals surface area contributed by atoms with Crippen molar-refractivity contribution in [3.05, 3.63) is 82.0 Å². The highest BCUT2D eigenvalue weighted by molar-refractivity contribution is 6.30. The first-order chi connectivity index (χ1) is 16.0. The zero-order chi connectivity index (χ0) is 24.6. The monoisotopic (exact) mass is 480 g/mol. The van der Waals surface area contributed by atoms with Crippen LogP contribution in [0.3, 0.4) is 0 Å². The third kappa shape index (κ3) is 4.80. The lowest BCUT2D eigenvalue weighted by Gasteiger charge is -2.31. The molecule has 2 unspecified atom stereocenters. The summed E-state index contributed by atoms with van der Waals surface area (Å²) in [6.45, 7) is 5.91. The lowest BCUT2D eigenvalue weighted by Crippen LogP contribution is -2.54. The van der Waals surface area contributed by atoms with E-state index in [1.165, 1.54) is 4.90 Å². The Bertz CT molecular complexity index is 1140. The molecule has 2 heterocycles. The van der Waals surface area contributed by atoms with Gasteiger partial charge in [0.25, 0.3) is 5.91 Å². The van der Waals surface area contributed by atoms with Crippen LogP contribution in [-0.4, -0.2) is 52.8 Å². The lowest BCUT2D eigenvalue weighted by atomic mass is 9.95. The van der Waals surface area contributed by atoms with Crippen molar-refractivity contribution in [2.24, 2.45) is 0 Å². The number of nitrogens with zero attached hydrogens (tertiary/aromatic N) is 2. The van der Waals surface area contributed by atoms with Gasteiger partial charge in [0.15, 0.2) is 0 Å². The first kappa shape index (κ1) is 23.8. The summed E-state index contributed by atoms with van der Waals surface area (Å²) in [7, 11) is 1.64. The largest absolute Gasteiger partial charge is 0.350 e. The third-order valence-corrected chi connectivity index (χ3v) is 6.29. The van der Waals surface area contributed by atoms with E-state index >= 15 is 0 Å². The molecule has 2 aliphatic rings. The minimum Gasteiger partial charge on any atom is -0.350 e. The van der Waals surface area contributed by atoms with Crippen LogP contribution in [0.5, 0.6) is 0 Å². The Morgan fingerprint density at radius 3 is 2.38 bits per heavy atom. The molecular formula is C26H29ClN4O3. The number of urea groups is 1. The Balaban J connectivity index is 1.70. The number of amides is 4.